The third-order valence-corrected chi connectivity index (χ3v) is 5.80. The van der Waals surface area contributed by atoms with Crippen LogP contribution in [-0.4, -0.2) is 24.4 Å². The molecule has 1 aromatic carbocycles. The minimum Gasteiger partial charge on any atom is -0.451 e. The molecule has 6 heteroatoms. The van der Waals surface area contributed by atoms with Crippen LogP contribution in [0.5, 0.6) is 0 Å². The maximum absolute atomic E-state index is 12.2. The van der Waals surface area contributed by atoms with Crippen molar-refractivity contribution in [1.82, 2.24) is 5.32 Å². The van der Waals surface area contributed by atoms with Crippen molar-refractivity contribution in [3.05, 3.63) is 57.3 Å². The van der Waals surface area contributed by atoms with E-state index >= 15 is 0 Å². The van der Waals surface area contributed by atoms with E-state index < -0.39 is 24.4 Å². The molecule has 2 amide bonds. The molecule has 1 aliphatic carbocycles. The molecule has 5 nitrogen and oxygen atoms in total. The van der Waals surface area contributed by atoms with Crippen LogP contribution in [0.2, 0.25) is 0 Å². The zero-order valence-electron chi connectivity index (χ0n) is 14.6. The predicted molar refractivity (Wildman–Crippen MR) is 99.3 cm³/mol. The van der Waals surface area contributed by atoms with Gasteiger partial charge < -0.3 is 4.74 Å². The van der Waals surface area contributed by atoms with Crippen molar-refractivity contribution in [3.63, 3.8) is 0 Å². The van der Waals surface area contributed by atoms with E-state index in [-0.39, 0.29) is 0 Å². The number of esters is 1. The average molecular weight is 371 g/mol. The fraction of sp³-hybridized carbons (Fsp3) is 0.350. The van der Waals surface area contributed by atoms with Crippen LogP contribution in [-0.2, 0) is 22.4 Å². The van der Waals surface area contributed by atoms with E-state index in [0.29, 0.717) is 16.4 Å². The van der Waals surface area contributed by atoms with Crippen molar-refractivity contribution >= 4 is 29.1 Å². The molecule has 0 fully saturated rings. The zero-order chi connectivity index (χ0) is 18.5. The Labute approximate surface area is 156 Å². The highest BCUT2D eigenvalue weighted by atomic mass is 32.1. The quantitative estimate of drug-likeness (QED) is 0.818. The third-order valence-electron chi connectivity index (χ3n) is 4.59. The number of hydrogen-bond donors (Lipinski definition) is 1. The third kappa shape index (κ3) is 4.38. The second kappa shape index (κ2) is 8.27. The number of carbonyl (C=O) groups is 3. The molecule has 1 heterocycles. The van der Waals surface area contributed by atoms with Crippen molar-refractivity contribution in [3.8, 4) is 0 Å². The van der Waals surface area contributed by atoms with Crippen LogP contribution >= 0.6 is 11.3 Å². The molecule has 1 N–H and O–H groups in total. The Morgan fingerprint density at radius 2 is 2.00 bits per heavy atom. The maximum Gasteiger partial charge on any atom is 0.348 e. The predicted octanol–water partition coefficient (Wildman–Crippen LogP) is 3.38. The van der Waals surface area contributed by atoms with Crippen LogP contribution in [0.1, 0.15) is 50.2 Å². The molecule has 3 rings (SSSR count). The van der Waals surface area contributed by atoms with E-state index in [1.807, 2.05) is 6.07 Å². The summed E-state index contributed by atoms with van der Waals surface area (Å²) in [5.41, 5.74) is 1.60. The summed E-state index contributed by atoms with van der Waals surface area (Å²) < 4.78 is 5.06. The van der Waals surface area contributed by atoms with Crippen LogP contribution in [0.25, 0.3) is 0 Å². The van der Waals surface area contributed by atoms with Gasteiger partial charge >= 0.3 is 5.97 Å². The second-order valence-electron chi connectivity index (χ2n) is 6.40. The highest BCUT2D eigenvalue weighted by molar-refractivity contribution is 7.14. The highest BCUT2D eigenvalue weighted by Gasteiger charge is 2.23. The number of rotatable bonds is 5. The molecule has 0 saturated heterocycles. The summed E-state index contributed by atoms with van der Waals surface area (Å²) in [6, 6.07) is 10.3. The minimum atomic E-state index is -0.639. The van der Waals surface area contributed by atoms with Crippen LogP contribution in [0.4, 0.5) is 0 Å². The number of fused-ring (bicyclic) bond motifs is 1. The monoisotopic (exact) mass is 371 g/mol. The van der Waals surface area contributed by atoms with Gasteiger partial charge in [-0.05, 0) is 48.9 Å². The highest BCUT2D eigenvalue weighted by Crippen LogP contribution is 2.33. The second-order valence-corrected chi connectivity index (χ2v) is 7.53. The first-order valence-electron chi connectivity index (χ1n) is 8.74. The molecule has 0 bridgehead atoms. The fourth-order valence-electron chi connectivity index (χ4n) is 3.07. The number of imide groups is 1. The van der Waals surface area contributed by atoms with E-state index in [1.54, 1.807) is 30.3 Å². The summed E-state index contributed by atoms with van der Waals surface area (Å²) in [7, 11) is 0. The molecule has 0 radical (unpaired) electrons. The normalized spacial score (nSPS) is 15.8. The van der Waals surface area contributed by atoms with Crippen LogP contribution in [0.15, 0.2) is 36.4 Å². The lowest BCUT2D eigenvalue weighted by Crippen LogP contribution is -2.34. The molecule has 1 aliphatic rings. The summed E-state index contributed by atoms with van der Waals surface area (Å²) in [4.78, 5) is 37.7. The summed E-state index contributed by atoms with van der Waals surface area (Å²) in [6.45, 7) is 1.71. The van der Waals surface area contributed by atoms with Crippen LogP contribution in [0.3, 0.4) is 0 Å². The van der Waals surface area contributed by atoms with Crippen LogP contribution < -0.4 is 5.32 Å². The Hall–Kier alpha value is -2.47. The van der Waals surface area contributed by atoms with Gasteiger partial charge in [-0.1, -0.05) is 31.5 Å². The van der Waals surface area contributed by atoms with E-state index in [4.69, 9.17) is 4.74 Å². The largest absolute Gasteiger partial charge is 0.451 e. The maximum atomic E-state index is 12.2. The van der Waals surface area contributed by atoms with E-state index in [1.165, 1.54) is 21.8 Å². The SMILES string of the molecule is CC[C@H]1CCc2sc(C(=O)OCC(=O)NC(=O)c3ccccc3)cc2C1. The summed E-state index contributed by atoms with van der Waals surface area (Å²) >= 11 is 1.45. The summed E-state index contributed by atoms with van der Waals surface area (Å²) in [5.74, 6) is -0.987. The number of carbonyl (C=O) groups excluding carboxylic acids is 3. The van der Waals surface area contributed by atoms with Gasteiger partial charge in [0, 0.05) is 10.4 Å². The van der Waals surface area contributed by atoms with Crippen molar-refractivity contribution in [2.24, 2.45) is 5.92 Å². The number of thiophene rings is 1. The first-order valence-corrected chi connectivity index (χ1v) is 9.56. The van der Waals surface area contributed by atoms with Gasteiger partial charge in [-0.2, -0.15) is 0 Å². The number of amides is 2. The number of hydrogen-bond acceptors (Lipinski definition) is 5. The lowest BCUT2D eigenvalue weighted by molar-refractivity contribution is -0.123. The lowest BCUT2D eigenvalue weighted by Gasteiger charge is -2.19. The van der Waals surface area contributed by atoms with E-state index in [0.717, 1.165) is 25.7 Å². The number of aryl methyl sites for hydroxylation is 1. The van der Waals surface area contributed by atoms with Crippen molar-refractivity contribution in [1.29, 1.82) is 0 Å². The number of ether oxygens (including phenoxy) is 1. The Kier molecular flexibility index (Phi) is 5.83. The first-order chi connectivity index (χ1) is 12.6. The van der Waals surface area contributed by atoms with Gasteiger partial charge in [-0.25, -0.2) is 4.79 Å². The molecule has 2 aromatic rings. The first kappa shape index (κ1) is 18.3. The number of nitrogens with one attached hydrogen (secondary N) is 1. The molecule has 1 aromatic heterocycles. The molecule has 26 heavy (non-hydrogen) atoms. The molecule has 0 unspecified atom stereocenters. The Morgan fingerprint density at radius 3 is 2.73 bits per heavy atom. The smallest absolute Gasteiger partial charge is 0.348 e. The van der Waals surface area contributed by atoms with Gasteiger partial charge in [0.15, 0.2) is 6.61 Å². The molecule has 0 saturated carbocycles. The van der Waals surface area contributed by atoms with Gasteiger partial charge in [0.2, 0.25) is 0 Å². The molecule has 0 aliphatic heterocycles. The van der Waals surface area contributed by atoms with E-state index in [2.05, 4.69) is 12.2 Å². The lowest BCUT2D eigenvalue weighted by atomic mass is 9.87. The molecule has 136 valence electrons. The van der Waals surface area contributed by atoms with Gasteiger partial charge in [-0.15, -0.1) is 11.3 Å². The van der Waals surface area contributed by atoms with Crippen molar-refractivity contribution in [2.45, 2.75) is 32.6 Å². The Morgan fingerprint density at radius 1 is 1.23 bits per heavy atom. The topological polar surface area (TPSA) is 72.5 Å². The number of benzene rings is 1. The van der Waals surface area contributed by atoms with E-state index in [9.17, 15) is 14.4 Å². The Balaban J connectivity index is 1.52. The summed E-state index contributed by atoms with van der Waals surface area (Å²) in [5, 5.41) is 2.21. The summed E-state index contributed by atoms with van der Waals surface area (Å²) in [6.07, 6.45) is 4.30. The van der Waals surface area contributed by atoms with Crippen LogP contribution in [0, 0.1) is 5.92 Å². The fourth-order valence-corrected chi connectivity index (χ4v) is 4.18. The molecular formula is C20H21NO4S. The molecule has 1 atom stereocenters. The van der Waals surface area contributed by atoms with Gasteiger partial charge in [0.05, 0.1) is 0 Å². The van der Waals surface area contributed by atoms with Crippen molar-refractivity contribution < 1.29 is 19.1 Å². The minimum absolute atomic E-state index is 0.378. The molecule has 0 spiro atoms. The van der Waals surface area contributed by atoms with Gasteiger partial charge in [0.1, 0.15) is 4.88 Å². The van der Waals surface area contributed by atoms with Gasteiger partial charge in [-0.3, -0.25) is 14.9 Å². The molecular weight excluding hydrogens is 350 g/mol. The Bertz CT molecular complexity index is 812. The average Bonchev–Trinajstić information content (AvgIpc) is 3.10. The van der Waals surface area contributed by atoms with Gasteiger partial charge in [0.25, 0.3) is 11.8 Å². The standard InChI is InChI=1S/C20H21NO4S/c1-2-13-8-9-16-15(10-13)11-17(26-16)20(24)25-12-18(22)21-19(23)14-6-4-3-5-7-14/h3-7,11,13H,2,8-10,12H2,1H3,(H,21,22,23)/t13-/m0/s1. The zero-order valence-corrected chi connectivity index (χ0v) is 15.4. The van der Waals surface area contributed by atoms with Crippen molar-refractivity contribution in [2.75, 3.05) is 6.61 Å².